The van der Waals surface area contributed by atoms with E-state index in [4.69, 9.17) is 18.7 Å². The lowest BCUT2D eigenvalue weighted by molar-refractivity contribution is 0.172. The van der Waals surface area contributed by atoms with Crippen LogP contribution < -0.4 is 19.5 Å². The number of aliphatic imine (C=N–C) groups is 1. The van der Waals surface area contributed by atoms with Crippen molar-refractivity contribution in [2.75, 3.05) is 54.1 Å². The van der Waals surface area contributed by atoms with Crippen LogP contribution in [-0.2, 0) is 13.1 Å². The lowest BCUT2D eigenvalue weighted by Gasteiger charge is -2.36. The van der Waals surface area contributed by atoms with Crippen molar-refractivity contribution in [3.63, 3.8) is 0 Å². The van der Waals surface area contributed by atoms with Gasteiger partial charge in [0.25, 0.3) is 0 Å². The van der Waals surface area contributed by atoms with Crippen LogP contribution in [-0.4, -0.2) is 80.0 Å². The van der Waals surface area contributed by atoms with Gasteiger partial charge in [0.1, 0.15) is 6.54 Å². The number of hydrogen-bond acceptors (Lipinski definition) is 8. The van der Waals surface area contributed by atoms with Crippen molar-refractivity contribution < 1.29 is 18.7 Å². The molecule has 10 heteroatoms. The zero-order chi connectivity index (χ0) is 22.2. The average molecular weight is 433 g/mol. The van der Waals surface area contributed by atoms with E-state index < -0.39 is 0 Å². The summed E-state index contributed by atoms with van der Waals surface area (Å²) >= 11 is 0. The number of rotatable bonds is 8. The minimum atomic E-state index is 0.394. The Bertz CT molecular complexity index is 852. The Morgan fingerprint density at radius 1 is 1.10 bits per heavy atom. The standard InChI is InChI=1S/C21H32N6O4/c1-6-22-21(23-13-19-24-15(2)31-25-19)27-9-7-26(8-10-27)14-16-11-17(28-3)20(30-5)18(12-16)29-4/h11-12H,6-10,13-14H2,1-5H3,(H,22,23). The molecule has 0 amide bonds. The lowest BCUT2D eigenvalue weighted by atomic mass is 10.1. The molecule has 1 saturated heterocycles. The zero-order valence-electron chi connectivity index (χ0n) is 19.0. The summed E-state index contributed by atoms with van der Waals surface area (Å²) in [6.45, 7) is 9.43. The minimum Gasteiger partial charge on any atom is -0.493 e. The molecule has 0 unspecified atom stereocenters. The third-order valence-corrected chi connectivity index (χ3v) is 5.08. The van der Waals surface area contributed by atoms with Crippen LogP contribution >= 0.6 is 0 Å². The van der Waals surface area contributed by atoms with Gasteiger partial charge in [0.05, 0.1) is 21.3 Å². The number of aryl methyl sites for hydroxylation is 1. The fraction of sp³-hybridized carbons (Fsp3) is 0.571. The van der Waals surface area contributed by atoms with Gasteiger partial charge in [-0.3, -0.25) is 4.90 Å². The first kappa shape index (κ1) is 22.7. The molecule has 1 N–H and O–H groups in total. The summed E-state index contributed by atoms with van der Waals surface area (Å²) in [5.74, 6) is 3.98. The molecular weight excluding hydrogens is 400 g/mol. The number of nitrogens with one attached hydrogen (secondary N) is 1. The van der Waals surface area contributed by atoms with Crippen LogP contribution in [0.5, 0.6) is 17.2 Å². The van der Waals surface area contributed by atoms with Gasteiger partial charge in [-0.05, 0) is 24.6 Å². The molecule has 1 fully saturated rings. The Hall–Kier alpha value is -3.01. The van der Waals surface area contributed by atoms with Gasteiger partial charge < -0.3 is 29.0 Å². The molecule has 0 bridgehead atoms. The Morgan fingerprint density at radius 3 is 2.29 bits per heavy atom. The van der Waals surface area contributed by atoms with E-state index in [0.717, 1.165) is 50.8 Å². The monoisotopic (exact) mass is 432 g/mol. The van der Waals surface area contributed by atoms with Crippen molar-refractivity contribution in [3.05, 3.63) is 29.4 Å². The summed E-state index contributed by atoms with van der Waals surface area (Å²) in [6.07, 6.45) is 0. The van der Waals surface area contributed by atoms with Crippen LogP contribution in [0.25, 0.3) is 0 Å². The van der Waals surface area contributed by atoms with Gasteiger partial charge in [0.2, 0.25) is 11.6 Å². The molecule has 3 rings (SSSR count). The Labute approximate surface area is 183 Å². The van der Waals surface area contributed by atoms with E-state index in [0.29, 0.717) is 35.5 Å². The maximum atomic E-state index is 5.48. The molecule has 0 radical (unpaired) electrons. The third kappa shape index (κ3) is 5.78. The SMILES string of the molecule is CCNC(=NCc1noc(C)n1)N1CCN(Cc2cc(OC)c(OC)c(OC)c2)CC1. The van der Waals surface area contributed by atoms with E-state index in [1.165, 1.54) is 0 Å². The second-order valence-corrected chi connectivity index (χ2v) is 7.20. The number of guanidine groups is 1. The number of aromatic nitrogens is 2. The van der Waals surface area contributed by atoms with Gasteiger partial charge in [0, 0.05) is 46.2 Å². The van der Waals surface area contributed by atoms with Crippen LogP contribution in [0.4, 0.5) is 0 Å². The largest absolute Gasteiger partial charge is 0.493 e. The van der Waals surface area contributed by atoms with Crippen molar-refractivity contribution in [1.29, 1.82) is 0 Å². The second kappa shape index (κ2) is 10.9. The fourth-order valence-corrected chi connectivity index (χ4v) is 3.58. The second-order valence-electron chi connectivity index (χ2n) is 7.20. The number of nitrogens with zero attached hydrogens (tertiary/aromatic N) is 5. The van der Waals surface area contributed by atoms with Crippen LogP contribution in [0.3, 0.4) is 0 Å². The summed E-state index contributed by atoms with van der Waals surface area (Å²) in [5.41, 5.74) is 1.12. The van der Waals surface area contributed by atoms with Crippen LogP contribution in [0.2, 0.25) is 0 Å². The lowest BCUT2D eigenvalue weighted by Crippen LogP contribution is -2.52. The average Bonchev–Trinajstić information content (AvgIpc) is 3.21. The number of hydrogen-bond donors (Lipinski definition) is 1. The summed E-state index contributed by atoms with van der Waals surface area (Å²) < 4.78 is 21.4. The Morgan fingerprint density at radius 2 is 1.77 bits per heavy atom. The van der Waals surface area contributed by atoms with E-state index in [-0.39, 0.29) is 0 Å². The van der Waals surface area contributed by atoms with E-state index in [1.54, 1.807) is 28.3 Å². The first-order valence-corrected chi connectivity index (χ1v) is 10.4. The summed E-state index contributed by atoms with van der Waals surface area (Å²) in [7, 11) is 4.89. The maximum absolute atomic E-state index is 5.48. The van der Waals surface area contributed by atoms with Crippen LogP contribution in [0, 0.1) is 6.92 Å². The molecule has 10 nitrogen and oxygen atoms in total. The van der Waals surface area contributed by atoms with E-state index in [2.05, 4.69) is 37.2 Å². The predicted molar refractivity (Wildman–Crippen MR) is 117 cm³/mol. The van der Waals surface area contributed by atoms with E-state index >= 15 is 0 Å². The predicted octanol–water partition coefficient (Wildman–Crippen LogP) is 1.69. The van der Waals surface area contributed by atoms with Crippen molar-refractivity contribution in [1.82, 2.24) is 25.3 Å². The summed E-state index contributed by atoms with van der Waals surface area (Å²) in [5, 5.41) is 7.28. The first-order chi connectivity index (χ1) is 15.1. The van der Waals surface area contributed by atoms with Gasteiger partial charge in [-0.25, -0.2) is 4.99 Å². The smallest absolute Gasteiger partial charge is 0.223 e. The highest BCUT2D eigenvalue weighted by Crippen LogP contribution is 2.38. The van der Waals surface area contributed by atoms with E-state index in [9.17, 15) is 0 Å². The van der Waals surface area contributed by atoms with Gasteiger partial charge >= 0.3 is 0 Å². The fourth-order valence-electron chi connectivity index (χ4n) is 3.58. The molecule has 0 spiro atoms. The molecular formula is C21H32N6O4. The number of methoxy groups -OCH3 is 3. The topological polar surface area (TPSA) is 97.5 Å². The van der Waals surface area contributed by atoms with Crippen molar-refractivity contribution in [2.45, 2.75) is 26.9 Å². The summed E-state index contributed by atoms with van der Waals surface area (Å²) in [4.78, 5) is 13.6. The normalized spacial score (nSPS) is 15.1. The summed E-state index contributed by atoms with van der Waals surface area (Å²) in [6, 6.07) is 4.01. The molecule has 1 aromatic carbocycles. The molecule has 2 heterocycles. The first-order valence-electron chi connectivity index (χ1n) is 10.4. The van der Waals surface area contributed by atoms with E-state index in [1.807, 2.05) is 12.1 Å². The molecule has 0 saturated carbocycles. The number of piperazine rings is 1. The molecule has 31 heavy (non-hydrogen) atoms. The number of benzene rings is 1. The quantitative estimate of drug-likeness (QED) is 0.493. The minimum absolute atomic E-state index is 0.394. The third-order valence-electron chi connectivity index (χ3n) is 5.08. The zero-order valence-corrected chi connectivity index (χ0v) is 19.0. The van der Waals surface area contributed by atoms with Crippen molar-refractivity contribution >= 4 is 5.96 Å². The van der Waals surface area contributed by atoms with Gasteiger partial charge in [-0.2, -0.15) is 4.98 Å². The Kier molecular flexibility index (Phi) is 7.94. The van der Waals surface area contributed by atoms with Gasteiger partial charge in [-0.1, -0.05) is 5.16 Å². The van der Waals surface area contributed by atoms with Gasteiger partial charge in [-0.15, -0.1) is 0 Å². The molecule has 1 aliphatic heterocycles. The highest BCUT2D eigenvalue weighted by Gasteiger charge is 2.21. The Balaban J connectivity index is 1.61. The van der Waals surface area contributed by atoms with Gasteiger partial charge in [0.15, 0.2) is 23.3 Å². The van der Waals surface area contributed by atoms with Crippen LogP contribution in [0.15, 0.2) is 21.6 Å². The molecule has 2 aromatic rings. The highest BCUT2D eigenvalue weighted by molar-refractivity contribution is 5.80. The maximum Gasteiger partial charge on any atom is 0.223 e. The molecule has 0 atom stereocenters. The van der Waals surface area contributed by atoms with Crippen molar-refractivity contribution in [3.8, 4) is 17.2 Å². The molecule has 170 valence electrons. The highest BCUT2D eigenvalue weighted by atomic mass is 16.5. The molecule has 1 aliphatic rings. The molecule has 0 aliphatic carbocycles. The van der Waals surface area contributed by atoms with Crippen LogP contribution in [0.1, 0.15) is 24.2 Å². The van der Waals surface area contributed by atoms with Crippen molar-refractivity contribution in [2.24, 2.45) is 4.99 Å². The number of ether oxygens (including phenoxy) is 3. The molecule has 1 aromatic heterocycles.